The molecule has 1 unspecified atom stereocenters. The maximum atomic E-state index is 9.78. The molecular formula is C27H30O2S2. The maximum Gasteiger partial charge on any atom is 0.122 e. The van der Waals surface area contributed by atoms with Gasteiger partial charge in [-0.3, -0.25) is 0 Å². The predicted octanol–water partition coefficient (Wildman–Crippen LogP) is 7.20. The lowest BCUT2D eigenvalue weighted by Crippen LogP contribution is -2.08. The molecule has 0 amide bonds. The fourth-order valence-corrected chi connectivity index (χ4v) is 4.56. The Hall–Kier alpha value is -2.32. The van der Waals surface area contributed by atoms with Crippen molar-refractivity contribution in [3.05, 3.63) is 75.1 Å². The van der Waals surface area contributed by atoms with E-state index in [2.05, 4.69) is 79.1 Å². The molecule has 162 valence electrons. The summed E-state index contributed by atoms with van der Waals surface area (Å²) < 4.78 is 6.04. The Labute approximate surface area is 194 Å². The van der Waals surface area contributed by atoms with Gasteiger partial charge in [0.1, 0.15) is 12.4 Å². The molecule has 3 rings (SSSR count). The number of thiophene rings is 2. The molecule has 3 aromatic rings. The largest absolute Gasteiger partial charge is 0.488 e. The molecule has 4 heteroatoms. The van der Waals surface area contributed by atoms with E-state index in [0.29, 0.717) is 6.61 Å². The van der Waals surface area contributed by atoms with Gasteiger partial charge in [-0.2, -0.15) is 11.3 Å². The zero-order valence-corrected chi connectivity index (χ0v) is 20.1. The minimum absolute atomic E-state index is 0.00966. The van der Waals surface area contributed by atoms with E-state index in [1.165, 1.54) is 21.6 Å². The van der Waals surface area contributed by atoms with Gasteiger partial charge in [0.2, 0.25) is 0 Å². The monoisotopic (exact) mass is 450 g/mol. The predicted molar refractivity (Wildman–Crippen MR) is 134 cm³/mol. The van der Waals surface area contributed by atoms with E-state index in [0.717, 1.165) is 18.6 Å². The van der Waals surface area contributed by atoms with E-state index >= 15 is 0 Å². The Kier molecular flexibility index (Phi) is 8.54. The van der Waals surface area contributed by atoms with Crippen LogP contribution in [0.25, 0.3) is 11.1 Å². The van der Waals surface area contributed by atoms with Crippen molar-refractivity contribution in [2.24, 2.45) is 11.3 Å². The molecule has 0 saturated heterocycles. The van der Waals surface area contributed by atoms with Crippen molar-refractivity contribution < 1.29 is 9.84 Å². The molecule has 0 spiro atoms. The summed E-state index contributed by atoms with van der Waals surface area (Å²) in [5, 5.41) is 16.2. The quantitative estimate of drug-likeness (QED) is 0.349. The van der Waals surface area contributed by atoms with E-state index in [9.17, 15) is 5.11 Å². The molecule has 1 N–H and O–H groups in total. The van der Waals surface area contributed by atoms with E-state index in [4.69, 9.17) is 4.74 Å². The molecule has 1 aromatic carbocycles. The first-order valence-electron chi connectivity index (χ1n) is 10.5. The third-order valence-corrected chi connectivity index (χ3v) is 6.28. The SMILES string of the molecule is CC(C)(C)C#CC=CCC(CO)Cc1cccc(OCc2cc(-c3ccsc3)cs2)c1. The number of allylic oxidation sites excluding steroid dienone is 2. The lowest BCUT2D eigenvalue weighted by Gasteiger charge is -2.13. The molecule has 0 bridgehead atoms. The van der Waals surface area contributed by atoms with Gasteiger partial charge in [0, 0.05) is 16.9 Å². The molecule has 2 heterocycles. The Morgan fingerprint density at radius 1 is 1.13 bits per heavy atom. The number of benzene rings is 1. The van der Waals surface area contributed by atoms with Gasteiger partial charge in [0.05, 0.1) is 0 Å². The van der Waals surface area contributed by atoms with Crippen molar-refractivity contribution in [3.63, 3.8) is 0 Å². The van der Waals surface area contributed by atoms with Gasteiger partial charge in [0.15, 0.2) is 0 Å². The summed E-state index contributed by atoms with van der Waals surface area (Å²) >= 11 is 3.44. The van der Waals surface area contributed by atoms with Gasteiger partial charge in [-0.05, 0) is 103 Å². The first-order chi connectivity index (χ1) is 14.9. The van der Waals surface area contributed by atoms with Crippen LogP contribution in [0.3, 0.4) is 0 Å². The van der Waals surface area contributed by atoms with Crippen LogP contribution in [0.1, 0.15) is 37.6 Å². The summed E-state index contributed by atoms with van der Waals surface area (Å²) in [6.45, 7) is 7.01. The average molecular weight is 451 g/mol. The van der Waals surface area contributed by atoms with Crippen molar-refractivity contribution >= 4 is 22.7 Å². The van der Waals surface area contributed by atoms with Gasteiger partial charge in [-0.25, -0.2) is 0 Å². The van der Waals surface area contributed by atoms with Gasteiger partial charge < -0.3 is 9.84 Å². The van der Waals surface area contributed by atoms with Crippen LogP contribution >= 0.6 is 22.7 Å². The highest BCUT2D eigenvalue weighted by molar-refractivity contribution is 7.10. The molecule has 31 heavy (non-hydrogen) atoms. The highest BCUT2D eigenvalue weighted by Gasteiger charge is 2.09. The van der Waals surface area contributed by atoms with Gasteiger partial charge in [-0.1, -0.05) is 30.0 Å². The van der Waals surface area contributed by atoms with Crippen LogP contribution in [0.4, 0.5) is 0 Å². The van der Waals surface area contributed by atoms with Crippen LogP contribution < -0.4 is 4.74 Å². The Morgan fingerprint density at radius 3 is 2.74 bits per heavy atom. The van der Waals surface area contributed by atoms with Crippen LogP contribution in [0.15, 0.2) is 64.7 Å². The summed E-state index contributed by atoms with van der Waals surface area (Å²) in [6, 6.07) is 12.5. The molecule has 0 aliphatic rings. The van der Waals surface area contributed by atoms with Crippen LogP contribution in [-0.2, 0) is 13.0 Å². The van der Waals surface area contributed by atoms with Crippen LogP contribution in [0, 0.1) is 23.2 Å². The normalized spacial score (nSPS) is 12.5. The molecule has 0 saturated carbocycles. The Morgan fingerprint density at radius 2 is 2.00 bits per heavy atom. The average Bonchev–Trinajstić information content (AvgIpc) is 3.42. The molecular weight excluding hydrogens is 420 g/mol. The summed E-state index contributed by atoms with van der Waals surface area (Å²) in [5.41, 5.74) is 3.71. The van der Waals surface area contributed by atoms with Gasteiger partial charge >= 0.3 is 0 Å². The van der Waals surface area contributed by atoms with Crippen LogP contribution in [-0.4, -0.2) is 11.7 Å². The minimum Gasteiger partial charge on any atom is -0.488 e. The lowest BCUT2D eigenvalue weighted by atomic mass is 9.96. The maximum absolute atomic E-state index is 9.78. The summed E-state index contributed by atoms with van der Waals surface area (Å²) in [7, 11) is 0. The third kappa shape index (κ3) is 8.03. The number of aliphatic hydroxyl groups excluding tert-OH is 1. The van der Waals surface area contributed by atoms with Crippen molar-refractivity contribution in [1.29, 1.82) is 0 Å². The number of rotatable bonds is 9. The van der Waals surface area contributed by atoms with Crippen molar-refractivity contribution in [3.8, 4) is 28.7 Å². The van der Waals surface area contributed by atoms with Crippen molar-refractivity contribution in [1.82, 2.24) is 0 Å². The van der Waals surface area contributed by atoms with E-state index in [1.807, 2.05) is 18.2 Å². The van der Waals surface area contributed by atoms with Crippen LogP contribution in [0.2, 0.25) is 0 Å². The molecule has 0 fully saturated rings. The first-order valence-corrected chi connectivity index (χ1v) is 12.4. The zero-order chi connectivity index (χ0) is 22.1. The Bertz CT molecular complexity index is 1030. The molecule has 0 radical (unpaired) electrons. The molecule has 0 aliphatic heterocycles. The van der Waals surface area contributed by atoms with Gasteiger partial charge in [0.25, 0.3) is 0 Å². The second-order valence-electron chi connectivity index (χ2n) is 8.66. The second kappa shape index (κ2) is 11.3. The molecule has 2 nitrogen and oxygen atoms in total. The summed E-state index contributed by atoms with van der Waals surface area (Å²) in [6.07, 6.45) is 5.58. The number of hydrogen-bond acceptors (Lipinski definition) is 4. The summed E-state index contributed by atoms with van der Waals surface area (Å²) in [4.78, 5) is 1.21. The summed E-state index contributed by atoms with van der Waals surface area (Å²) in [5.74, 6) is 7.32. The minimum atomic E-state index is 0.00966. The zero-order valence-electron chi connectivity index (χ0n) is 18.4. The van der Waals surface area contributed by atoms with E-state index in [1.54, 1.807) is 22.7 Å². The van der Waals surface area contributed by atoms with Crippen molar-refractivity contribution in [2.45, 2.75) is 40.2 Å². The van der Waals surface area contributed by atoms with E-state index in [-0.39, 0.29) is 17.9 Å². The van der Waals surface area contributed by atoms with Gasteiger partial charge in [-0.15, -0.1) is 11.3 Å². The highest BCUT2D eigenvalue weighted by atomic mass is 32.1. The number of hydrogen-bond donors (Lipinski definition) is 1. The Balaban J connectivity index is 1.53. The molecule has 1 atom stereocenters. The molecule has 0 aliphatic carbocycles. The second-order valence-corrected chi connectivity index (χ2v) is 10.4. The lowest BCUT2D eigenvalue weighted by molar-refractivity contribution is 0.226. The smallest absolute Gasteiger partial charge is 0.122 e. The number of aliphatic hydroxyl groups is 1. The topological polar surface area (TPSA) is 29.5 Å². The first kappa shape index (κ1) is 23.3. The fourth-order valence-electron chi connectivity index (χ4n) is 3.09. The van der Waals surface area contributed by atoms with Crippen molar-refractivity contribution in [2.75, 3.05) is 6.61 Å². The number of ether oxygens (including phenoxy) is 1. The third-order valence-electron chi connectivity index (χ3n) is 4.69. The van der Waals surface area contributed by atoms with Crippen LogP contribution in [0.5, 0.6) is 5.75 Å². The molecule has 2 aromatic heterocycles. The standard InChI is InChI=1S/C27H30O2S2/c1-27(2,3)12-6-4-5-8-22(17-28)14-21-9-7-10-25(15-21)29-18-26-16-24(20-31-26)23-11-13-30-19-23/h4-5,7,9-11,13,15-16,19-20,22,28H,8,14,17-18H2,1-3H3. The van der Waals surface area contributed by atoms with E-state index < -0.39 is 0 Å². The highest BCUT2D eigenvalue weighted by Crippen LogP contribution is 2.28. The fraction of sp³-hybridized carbons (Fsp3) is 0.333.